The number of pyridine rings is 4. The Labute approximate surface area is 723 Å². The number of aromatic nitrogens is 8. The third kappa shape index (κ3) is 15.9. The predicted molar refractivity (Wildman–Crippen MR) is 515 cm³/mol. The molecule has 24 rings (SSSR count). The molecule has 0 amide bonds. The molecule has 0 bridgehead atoms. The van der Waals surface area contributed by atoms with Crippen molar-refractivity contribution < 1.29 is 0 Å². The third-order valence-electron chi connectivity index (χ3n) is 22.6. The zero-order valence-electron chi connectivity index (χ0n) is 69.6. The van der Waals surface area contributed by atoms with Crippen LogP contribution in [-0.2, 0) is 12.8 Å². The first-order valence-electron chi connectivity index (χ1n) is 41.8. The zero-order chi connectivity index (χ0) is 86.9. The largest absolute Gasteiger partial charge is 0.268 e. The Balaban J connectivity index is 0.000000106. The summed E-state index contributed by atoms with van der Waals surface area (Å²) < 4.78 is 6.55. The quantitative estimate of drug-likeness (QED) is 0.145. The molecule has 0 spiro atoms. The Kier molecular flexibility index (Phi) is 23.4. The second-order valence-corrected chi connectivity index (χ2v) is 30.8. The van der Waals surface area contributed by atoms with Crippen molar-refractivity contribution in [2.75, 3.05) is 0 Å². The summed E-state index contributed by atoms with van der Waals surface area (Å²) in [5, 5.41) is 32.6. The molecule has 0 unspecified atom stereocenters. The Morgan fingerprint density at radius 1 is 0.294 bits per heavy atom. The van der Waals surface area contributed by atoms with Gasteiger partial charge in [-0.05, 0) is 157 Å². The van der Waals surface area contributed by atoms with Gasteiger partial charge in [-0.25, -0.2) is 29.6 Å². The van der Waals surface area contributed by atoms with E-state index in [1.807, 2.05) is 182 Å². The fraction of sp³-hybridized carbons (Fsp3) is 0.0909. The van der Waals surface area contributed by atoms with Crippen molar-refractivity contribution >= 4 is 164 Å². The van der Waals surface area contributed by atoms with Crippen LogP contribution in [0.5, 0.6) is 0 Å². The van der Waals surface area contributed by atoms with Gasteiger partial charge in [0.25, 0.3) is 22.2 Å². The number of rotatable bonds is 6. The molecule has 0 N–H and O–H groups in total. The van der Waals surface area contributed by atoms with Crippen LogP contribution in [0.2, 0.25) is 0 Å². The van der Waals surface area contributed by atoms with E-state index < -0.39 is 0 Å². The van der Waals surface area contributed by atoms with E-state index in [0.717, 1.165) is 86.7 Å². The fourth-order valence-electron chi connectivity index (χ4n) is 16.5. The van der Waals surface area contributed by atoms with Crippen LogP contribution in [0.4, 0.5) is 11.4 Å². The number of fused-ring (bicyclic) bond motifs is 16. The van der Waals surface area contributed by atoms with Crippen molar-refractivity contribution in [3.8, 4) is 12.1 Å². The van der Waals surface area contributed by atoms with Gasteiger partial charge in [0, 0.05) is 64.6 Å². The molecule has 0 radical (unpaired) electrons. The molecule has 0 saturated heterocycles. The molecule has 0 atom stereocenters. The normalized spacial score (nSPS) is 11.0. The van der Waals surface area contributed by atoms with Gasteiger partial charge in [0.15, 0.2) is 11.4 Å². The van der Waals surface area contributed by atoms with Crippen molar-refractivity contribution in [2.45, 2.75) is 66.2 Å². The lowest BCUT2D eigenvalue weighted by Crippen LogP contribution is -2.13. The Hall–Kier alpha value is -16.9. The molecule has 16 nitrogen and oxygen atoms in total. The second kappa shape index (κ2) is 36.2. The Bertz CT molecular complexity index is 8000. The first-order chi connectivity index (χ1) is 61.8. The summed E-state index contributed by atoms with van der Waals surface area (Å²) in [6.45, 7) is 23.0. The highest BCUT2D eigenvalue weighted by molar-refractivity contribution is 6.19. The topological polar surface area (TPSA) is 194 Å². The average Bonchev–Trinajstić information content (AvgIpc) is 1.57. The first kappa shape index (κ1) is 81.4. The molecule has 126 heavy (non-hydrogen) atoms. The minimum absolute atomic E-state index is 0.0727. The monoisotopic (exact) mass is 1630 g/mol. The summed E-state index contributed by atoms with van der Waals surface area (Å²) in [6.07, 6.45) is 7.66. The van der Waals surface area contributed by atoms with Crippen molar-refractivity contribution in [1.82, 2.24) is 37.5 Å². The van der Waals surface area contributed by atoms with Gasteiger partial charge in [0.2, 0.25) is 0 Å². The molecular weight excluding hydrogens is 1550 g/mol. The van der Waals surface area contributed by atoms with Crippen LogP contribution in [0, 0.1) is 49.7 Å². The van der Waals surface area contributed by atoms with Crippen LogP contribution in [0.25, 0.3) is 163 Å². The fourth-order valence-corrected chi connectivity index (χ4v) is 16.5. The van der Waals surface area contributed by atoms with E-state index in [9.17, 15) is 19.2 Å². The van der Waals surface area contributed by atoms with Crippen molar-refractivity contribution in [1.29, 1.82) is 10.5 Å². The van der Waals surface area contributed by atoms with Gasteiger partial charge in [-0.15, -0.1) is 0 Å². The summed E-state index contributed by atoms with van der Waals surface area (Å²) >= 11 is 0. The summed E-state index contributed by atoms with van der Waals surface area (Å²) in [6, 6.07) is 114. The standard InChI is InChI=1S/4C19H9N3O.2C10H14.2C7H8/c2*1-20-12-8-9-15-16(10-12)22-18(21-15)13-6-2-4-11-5-3-7-14(17(11)13)19(22)23;2*20-10-11-7-8-16-15(9-11)21-18-13-5-1-3-12-4-2-6-14(17(12)13)19(23)22(16)18;2*1-2-3-7-10-8-5-4-6-9-10;2*1-7-5-3-2-4-6-7/h2*2-10H;2*1-9H;2*4-6,8-9H,2-3,7H2,1H3;2*2-6H,1H3. The maximum absolute atomic E-state index is 13.0. The maximum atomic E-state index is 13.0. The summed E-state index contributed by atoms with van der Waals surface area (Å²) in [7, 11) is 0. The van der Waals surface area contributed by atoms with E-state index in [4.69, 9.17) is 23.7 Å². The van der Waals surface area contributed by atoms with E-state index >= 15 is 0 Å². The van der Waals surface area contributed by atoms with Gasteiger partial charge < -0.3 is 0 Å². The minimum atomic E-state index is -0.0890. The summed E-state index contributed by atoms with van der Waals surface area (Å²) in [5.41, 5.74) is 15.5. The van der Waals surface area contributed by atoms with Crippen LogP contribution >= 0.6 is 0 Å². The lowest BCUT2D eigenvalue weighted by Gasteiger charge is -2.06. The molecule has 8 aromatic heterocycles. The number of nitrogens with zero attached hydrogens (tertiary/aromatic N) is 12. The molecule has 16 heteroatoms. The van der Waals surface area contributed by atoms with Crippen LogP contribution in [0.3, 0.4) is 0 Å². The zero-order valence-corrected chi connectivity index (χ0v) is 69.6. The van der Waals surface area contributed by atoms with E-state index in [2.05, 4.69) is 154 Å². The maximum Gasteiger partial charge on any atom is 0.264 e. The van der Waals surface area contributed by atoms with E-state index in [1.54, 1.807) is 90.4 Å². The van der Waals surface area contributed by atoms with Gasteiger partial charge in [0.05, 0.1) is 80.5 Å². The highest BCUT2D eigenvalue weighted by Crippen LogP contribution is 2.36. The van der Waals surface area contributed by atoms with E-state index in [-0.39, 0.29) is 22.2 Å². The summed E-state index contributed by atoms with van der Waals surface area (Å²) in [5.74, 6) is 0. The van der Waals surface area contributed by atoms with Crippen LogP contribution in [0.15, 0.2) is 359 Å². The Morgan fingerprint density at radius 3 is 0.825 bits per heavy atom. The molecule has 0 aliphatic carbocycles. The van der Waals surface area contributed by atoms with Gasteiger partial charge in [0.1, 0.15) is 22.6 Å². The Morgan fingerprint density at radius 2 is 0.563 bits per heavy atom. The molecule has 0 aliphatic rings. The average molecular weight is 1630 g/mol. The molecule has 0 aliphatic heterocycles. The van der Waals surface area contributed by atoms with Crippen LogP contribution in [0.1, 0.15) is 72.9 Å². The molecule has 16 aromatic carbocycles. The number of nitriles is 2. The molecule has 604 valence electrons. The van der Waals surface area contributed by atoms with Crippen LogP contribution in [-0.4, -0.2) is 37.5 Å². The molecular formula is C110H80N12O4. The minimum Gasteiger partial charge on any atom is -0.268 e. The van der Waals surface area contributed by atoms with Crippen molar-refractivity contribution in [3.63, 3.8) is 0 Å². The van der Waals surface area contributed by atoms with Gasteiger partial charge in [-0.2, -0.15) is 10.5 Å². The molecule has 24 aromatic rings. The number of hydrogen-bond donors (Lipinski definition) is 0. The predicted octanol–water partition coefficient (Wildman–Crippen LogP) is 25.3. The van der Waals surface area contributed by atoms with Gasteiger partial charge in [-0.3, -0.25) is 36.8 Å². The lowest BCUT2D eigenvalue weighted by atomic mass is 10.0. The summed E-state index contributed by atoms with van der Waals surface area (Å²) in [4.78, 5) is 77.4. The number of unbranched alkanes of at least 4 members (excludes halogenated alkanes) is 2. The van der Waals surface area contributed by atoms with Crippen LogP contribution < -0.4 is 22.2 Å². The molecule has 8 heterocycles. The second-order valence-electron chi connectivity index (χ2n) is 30.8. The molecule has 0 fully saturated rings. The highest BCUT2D eigenvalue weighted by Gasteiger charge is 2.21. The number of aryl methyl sites for hydroxylation is 4. The number of benzene rings is 16. The van der Waals surface area contributed by atoms with E-state index in [1.165, 1.54) is 60.8 Å². The van der Waals surface area contributed by atoms with Gasteiger partial charge in [-0.1, -0.05) is 293 Å². The molecule has 0 saturated carbocycles. The van der Waals surface area contributed by atoms with Gasteiger partial charge >= 0.3 is 0 Å². The smallest absolute Gasteiger partial charge is 0.264 e. The first-order valence-corrected chi connectivity index (χ1v) is 41.8. The number of imidazole rings is 4. The van der Waals surface area contributed by atoms with Crippen molar-refractivity contribution in [3.05, 3.63) is 437 Å². The third-order valence-corrected chi connectivity index (χ3v) is 22.6. The number of hydrogen-bond acceptors (Lipinski definition) is 10. The lowest BCUT2D eigenvalue weighted by molar-refractivity contribution is 0.795. The highest BCUT2D eigenvalue weighted by atomic mass is 16.1. The van der Waals surface area contributed by atoms with Crippen molar-refractivity contribution in [2.24, 2.45) is 0 Å². The SMILES string of the molecule is CCCCc1ccccc1.CCCCc1ccccc1.Cc1ccccc1.Cc1ccccc1.N#Cc1ccc2c(c1)nc1c3cccc4cccc(c(=O)n21)c43.N#Cc1ccc2c(c1)nc1c3cccc4cccc(c(=O)n21)c43.[C-]#[N+]c1ccc2nc3c4cccc5cccc(c(=O)n3c2c1)c54.[C-]#[N+]c1ccc2nc3c4cccc5cccc(c(=O)n3c2c1)c54. The van der Waals surface area contributed by atoms with E-state index in [0.29, 0.717) is 88.7 Å².